The number of carbonyl (C=O) groups is 1. The van der Waals surface area contributed by atoms with Crippen LogP contribution in [0.15, 0.2) is 42.5 Å². The van der Waals surface area contributed by atoms with Crippen LogP contribution in [0.25, 0.3) is 0 Å². The molecule has 37 heavy (non-hydrogen) atoms. The Hall–Kier alpha value is -1.89. The SMILES string of the molecule is Cc1ccc(N2CCN(C(=O)[C@H](C)Cc3ccc(Cl)cc3)CC2)c([C@H](CC(C)C)N[S@@](=O)C(C)(C)C)c1. The first-order valence-electron chi connectivity index (χ1n) is 13.4. The average molecular weight is 546 g/mol. The molecule has 0 bridgehead atoms. The second-order valence-electron chi connectivity index (χ2n) is 11.8. The van der Waals surface area contributed by atoms with Crippen molar-refractivity contribution in [3.05, 3.63) is 64.2 Å². The lowest BCUT2D eigenvalue weighted by atomic mass is 9.94. The molecule has 2 aromatic carbocycles. The minimum Gasteiger partial charge on any atom is -0.368 e. The van der Waals surface area contributed by atoms with Gasteiger partial charge in [-0.25, -0.2) is 8.93 Å². The lowest BCUT2D eigenvalue weighted by Gasteiger charge is -2.39. The summed E-state index contributed by atoms with van der Waals surface area (Å²) in [5.74, 6) is 0.591. The molecule has 7 heteroatoms. The van der Waals surface area contributed by atoms with Gasteiger partial charge in [0.2, 0.25) is 5.91 Å². The minimum absolute atomic E-state index is 0.00554. The summed E-state index contributed by atoms with van der Waals surface area (Å²) in [6, 6.07) is 14.3. The lowest BCUT2D eigenvalue weighted by Crippen LogP contribution is -2.50. The van der Waals surface area contributed by atoms with E-state index in [9.17, 15) is 9.00 Å². The van der Waals surface area contributed by atoms with E-state index in [1.54, 1.807) is 0 Å². The van der Waals surface area contributed by atoms with Gasteiger partial charge >= 0.3 is 0 Å². The molecular weight excluding hydrogens is 502 g/mol. The normalized spacial score (nSPS) is 17.1. The molecule has 0 radical (unpaired) electrons. The third-order valence-corrected chi connectivity index (χ3v) is 8.74. The van der Waals surface area contributed by atoms with E-state index in [1.807, 2.05) is 56.9 Å². The van der Waals surface area contributed by atoms with Crippen molar-refractivity contribution in [1.29, 1.82) is 0 Å². The maximum Gasteiger partial charge on any atom is 0.225 e. The molecule has 5 nitrogen and oxygen atoms in total. The Balaban J connectivity index is 1.72. The molecule has 0 saturated carbocycles. The van der Waals surface area contributed by atoms with Crippen LogP contribution in [-0.4, -0.2) is 45.9 Å². The van der Waals surface area contributed by atoms with E-state index in [4.69, 9.17) is 11.6 Å². The van der Waals surface area contributed by atoms with E-state index in [-0.39, 0.29) is 22.6 Å². The smallest absolute Gasteiger partial charge is 0.225 e. The molecule has 0 aromatic heterocycles. The van der Waals surface area contributed by atoms with Gasteiger partial charge in [-0.2, -0.15) is 0 Å². The van der Waals surface area contributed by atoms with Gasteiger partial charge in [-0.1, -0.05) is 62.2 Å². The maximum atomic E-state index is 13.2. The molecule has 1 aliphatic heterocycles. The zero-order valence-corrected chi connectivity index (χ0v) is 25.1. The number of nitrogens with zero attached hydrogens (tertiary/aromatic N) is 2. The van der Waals surface area contributed by atoms with Crippen molar-refractivity contribution < 1.29 is 9.00 Å². The highest BCUT2D eigenvalue weighted by Crippen LogP contribution is 2.33. The monoisotopic (exact) mass is 545 g/mol. The van der Waals surface area contributed by atoms with Gasteiger partial charge in [0.05, 0.1) is 15.7 Å². The molecule has 1 fully saturated rings. The number of anilines is 1. The number of halogens is 1. The number of aryl methyl sites for hydroxylation is 1. The highest BCUT2D eigenvalue weighted by molar-refractivity contribution is 7.84. The summed E-state index contributed by atoms with van der Waals surface area (Å²) in [6.07, 6.45) is 1.62. The summed E-state index contributed by atoms with van der Waals surface area (Å²) >= 11 is 6.01. The zero-order valence-electron chi connectivity index (χ0n) is 23.5. The van der Waals surface area contributed by atoms with Crippen LogP contribution in [-0.2, 0) is 22.2 Å². The maximum absolute atomic E-state index is 13.2. The van der Waals surface area contributed by atoms with Crippen LogP contribution in [0, 0.1) is 18.8 Å². The number of benzene rings is 2. The van der Waals surface area contributed by atoms with Crippen molar-refractivity contribution in [3.8, 4) is 0 Å². The summed E-state index contributed by atoms with van der Waals surface area (Å²) in [4.78, 5) is 17.6. The Morgan fingerprint density at radius 2 is 1.65 bits per heavy atom. The number of carbonyl (C=O) groups excluding carboxylic acids is 1. The quantitative estimate of drug-likeness (QED) is 0.401. The van der Waals surface area contributed by atoms with Gasteiger partial charge in [0.25, 0.3) is 0 Å². The molecule has 1 saturated heterocycles. The van der Waals surface area contributed by atoms with E-state index in [0.29, 0.717) is 30.5 Å². The fourth-order valence-corrected chi connectivity index (χ4v) is 5.76. The first-order chi connectivity index (χ1) is 17.3. The van der Waals surface area contributed by atoms with Crippen LogP contribution in [0.5, 0.6) is 0 Å². The number of rotatable bonds is 9. The molecule has 0 unspecified atom stereocenters. The molecule has 0 spiro atoms. The number of hydrogen-bond donors (Lipinski definition) is 1. The van der Waals surface area contributed by atoms with Gasteiger partial charge in [-0.05, 0) is 75.8 Å². The number of piperazine rings is 1. The van der Waals surface area contributed by atoms with Crippen molar-refractivity contribution in [1.82, 2.24) is 9.62 Å². The number of nitrogens with one attached hydrogen (secondary N) is 1. The van der Waals surface area contributed by atoms with Gasteiger partial charge in [-0.15, -0.1) is 0 Å². The molecule has 3 atom stereocenters. The predicted molar refractivity (Wildman–Crippen MR) is 158 cm³/mol. The number of amides is 1. The van der Waals surface area contributed by atoms with Gasteiger partial charge in [0, 0.05) is 48.8 Å². The number of hydrogen-bond acceptors (Lipinski definition) is 3. The highest BCUT2D eigenvalue weighted by Gasteiger charge is 2.29. The van der Waals surface area contributed by atoms with Crippen LogP contribution in [0.3, 0.4) is 0 Å². The zero-order chi connectivity index (χ0) is 27.3. The third kappa shape index (κ3) is 8.30. The van der Waals surface area contributed by atoms with E-state index in [0.717, 1.165) is 25.1 Å². The van der Waals surface area contributed by atoms with Crippen molar-refractivity contribution in [2.45, 2.75) is 72.1 Å². The Kier molecular flexibility index (Phi) is 10.2. The first kappa shape index (κ1) is 29.7. The molecule has 204 valence electrons. The summed E-state index contributed by atoms with van der Waals surface area (Å²) < 4.78 is 16.2. The molecule has 3 rings (SSSR count). The standard InChI is InChI=1S/C30H44ClN3O2S/c1-21(2)18-27(32-37(36)30(5,6)7)26-19-22(3)8-13-28(26)33-14-16-34(17-15-33)29(35)23(4)20-24-9-11-25(31)12-10-24/h8-13,19,21,23,27,32H,14-18,20H2,1-7H3/t23-,27+,37+/m1/s1. The molecule has 1 amide bonds. The second-order valence-corrected chi connectivity index (χ2v) is 14.2. The van der Waals surface area contributed by atoms with E-state index < -0.39 is 11.0 Å². The van der Waals surface area contributed by atoms with Crippen molar-refractivity contribution in [2.24, 2.45) is 11.8 Å². The summed E-state index contributed by atoms with van der Waals surface area (Å²) in [5, 5.41) is 0.713. The predicted octanol–water partition coefficient (Wildman–Crippen LogP) is 6.31. The van der Waals surface area contributed by atoms with E-state index in [2.05, 4.69) is 48.6 Å². The van der Waals surface area contributed by atoms with Crippen LogP contribution >= 0.6 is 11.6 Å². The van der Waals surface area contributed by atoms with Crippen LogP contribution < -0.4 is 9.62 Å². The van der Waals surface area contributed by atoms with Crippen LogP contribution in [0.1, 0.15) is 70.7 Å². The Bertz CT molecular complexity index is 1070. The summed E-state index contributed by atoms with van der Waals surface area (Å²) in [7, 11) is -1.17. The molecular formula is C30H44ClN3O2S. The third-order valence-electron chi connectivity index (χ3n) is 6.88. The van der Waals surface area contributed by atoms with E-state index >= 15 is 0 Å². The molecule has 1 aliphatic rings. The van der Waals surface area contributed by atoms with Crippen molar-refractivity contribution >= 4 is 34.2 Å². The van der Waals surface area contributed by atoms with Crippen LogP contribution in [0.2, 0.25) is 5.02 Å². The molecule has 0 aliphatic carbocycles. The minimum atomic E-state index is -1.17. The molecule has 2 aromatic rings. The first-order valence-corrected chi connectivity index (χ1v) is 14.9. The fourth-order valence-electron chi connectivity index (χ4n) is 4.80. The highest BCUT2D eigenvalue weighted by atomic mass is 35.5. The molecule has 1 heterocycles. The Morgan fingerprint density at radius 1 is 1.03 bits per heavy atom. The lowest BCUT2D eigenvalue weighted by molar-refractivity contribution is -0.135. The van der Waals surface area contributed by atoms with E-state index in [1.165, 1.54) is 16.8 Å². The summed E-state index contributed by atoms with van der Waals surface area (Å²) in [6.45, 7) is 17.5. The Labute approximate surface area is 231 Å². The van der Waals surface area contributed by atoms with Crippen molar-refractivity contribution in [2.75, 3.05) is 31.1 Å². The molecule has 1 N–H and O–H groups in total. The second kappa shape index (κ2) is 12.8. The average Bonchev–Trinajstić information content (AvgIpc) is 2.83. The van der Waals surface area contributed by atoms with Gasteiger partial charge < -0.3 is 9.80 Å². The topological polar surface area (TPSA) is 52.6 Å². The largest absolute Gasteiger partial charge is 0.368 e. The van der Waals surface area contributed by atoms with Crippen LogP contribution in [0.4, 0.5) is 5.69 Å². The fraction of sp³-hybridized carbons (Fsp3) is 0.567. The van der Waals surface area contributed by atoms with Crippen molar-refractivity contribution in [3.63, 3.8) is 0 Å². The summed E-state index contributed by atoms with van der Waals surface area (Å²) in [5.41, 5.74) is 4.70. The van der Waals surface area contributed by atoms with Gasteiger partial charge in [0.15, 0.2) is 0 Å². The van der Waals surface area contributed by atoms with Gasteiger partial charge in [-0.3, -0.25) is 4.79 Å². The van der Waals surface area contributed by atoms with Gasteiger partial charge in [0.1, 0.15) is 0 Å². The Morgan fingerprint density at radius 3 is 2.22 bits per heavy atom.